The third kappa shape index (κ3) is 4.94. The molecule has 0 spiro atoms. The molecule has 106 valence electrons. The third-order valence-electron chi connectivity index (χ3n) is 3.25. The Morgan fingerprint density at radius 1 is 1.22 bits per heavy atom. The summed E-state index contributed by atoms with van der Waals surface area (Å²) >= 11 is 0. The third-order valence-corrected chi connectivity index (χ3v) is 3.25. The van der Waals surface area contributed by atoms with Crippen LogP contribution in [0.4, 0.5) is 0 Å². The van der Waals surface area contributed by atoms with Gasteiger partial charge in [-0.2, -0.15) is 0 Å². The second-order valence-corrected chi connectivity index (χ2v) is 7.01. The van der Waals surface area contributed by atoms with Crippen LogP contribution in [-0.2, 0) is 4.79 Å². The Morgan fingerprint density at radius 2 is 1.72 bits per heavy atom. The van der Waals surface area contributed by atoms with Crippen molar-refractivity contribution in [2.75, 3.05) is 19.6 Å². The fraction of sp³-hybridized carbons (Fsp3) is 0.929. The van der Waals surface area contributed by atoms with E-state index in [0.717, 1.165) is 25.9 Å². The van der Waals surface area contributed by atoms with E-state index >= 15 is 0 Å². The van der Waals surface area contributed by atoms with Gasteiger partial charge in [0.15, 0.2) is 0 Å². The van der Waals surface area contributed by atoms with Gasteiger partial charge < -0.3 is 15.3 Å². The molecule has 18 heavy (non-hydrogen) atoms. The molecule has 0 radical (unpaired) electrons. The van der Waals surface area contributed by atoms with E-state index in [-0.39, 0.29) is 11.3 Å². The molecular weight excluding hydrogens is 228 g/mol. The summed E-state index contributed by atoms with van der Waals surface area (Å²) < 4.78 is 0. The van der Waals surface area contributed by atoms with Gasteiger partial charge in [-0.15, -0.1) is 0 Å². The predicted octanol–water partition coefficient (Wildman–Crippen LogP) is 1.38. The Labute approximate surface area is 111 Å². The van der Waals surface area contributed by atoms with Crippen molar-refractivity contribution in [2.45, 2.75) is 59.1 Å². The minimum absolute atomic E-state index is 0.239. The highest BCUT2D eigenvalue weighted by Gasteiger charge is 2.30. The Bertz CT molecular complexity index is 281. The van der Waals surface area contributed by atoms with Crippen LogP contribution in [0.25, 0.3) is 0 Å². The largest absolute Gasteiger partial charge is 0.389 e. The van der Waals surface area contributed by atoms with E-state index in [1.807, 2.05) is 25.7 Å². The maximum absolute atomic E-state index is 12.1. The Kier molecular flexibility index (Phi) is 4.78. The molecule has 0 unspecified atom stereocenters. The van der Waals surface area contributed by atoms with E-state index in [0.29, 0.717) is 12.6 Å². The van der Waals surface area contributed by atoms with Crippen LogP contribution in [0, 0.1) is 5.41 Å². The van der Waals surface area contributed by atoms with E-state index in [4.69, 9.17) is 0 Å². The number of hydrogen-bond acceptors (Lipinski definition) is 3. The lowest BCUT2D eigenvalue weighted by molar-refractivity contribution is -0.140. The Balaban J connectivity index is 2.35. The molecule has 0 aromatic heterocycles. The number of nitrogens with zero attached hydrogens (tertiary/aromatic N) is 1. The minimum atomic E-state index is -0.668. The van der Waals surface area contributed by atoms with E-state index in [1.165, 1.54) is 0 Å². The van der Waals surface area contributed by atoms with Gasteiger partial charge in [-0.3, -0.25) is 4.79 Å². The van der Waals surface area contributed by atoms with Crippen LogP contribution in [-0.4, -0.2) is 47.2 Å². The molecule has 0 saturated carbocycles. The maximum Gasteiger partial charge on any atom is 0.227 e. The molecule has 0 aromatic carbocycles. The SMILES string of the molecule is CC(C)(O)CNC1CCN(C(=O)C(C)(C)C)CC1. The Hall–Kier alpha value is -0.610. The van der Waals surface area contributed by atoms with Gasteiger partial charge >= 0.3 is 0 Å². The van der Waals surface area contributed by atoms with Crippen LogP contribution in [0.5, 0.6) is 0 Å². The van der Waals surface area contributed by atoms with Gasteiger partial charge in [0.1, 0.15) is 0 Å². The van der Waals surface area contributed by atoms with E-state index in [9.17, 15) is 9.90 Å². The zero-order valence-electron chi connectivity index (χ0n) is 12.4. The van der Waals surface area contributed by atoms with Crippen LogP contribution < -0.4 is 5.32 Å². The first-order valence-electron chi connectivity index (χ1n) is 6.85. The lowest BCUT2D eigenvalue weighted by atomic mass is 9.93. The molecule has 1 heterocycles. The quantitative estimate of drug-likeness (QED) is 0.802. The molecule has 1 rings (SSSR count). The summed E-state index contributed by atoms with van der Waals surface area (Å²) in [5.41, 5.74) is -0.953. The topological polar surface area (TPSA) is 52.6 Å². The number of piperidine rings is 1. The molecule has 0 atom stereocenters. The van der Waals surface area contributed by atoms with Gasteiger partial charge in [0, 0.05) is 31.1 Å². The number of hydrogen-bond donors (Lipinski definition) is 2. The van der Waals surface area contributed by atoms with E-state index in [1.54, 1.807) is 13.8 Å². The molecule has 0 bridgehead atoms. The van der Waals surface area contributed by atoms with Crippen molar-refractivity contribution in [3.63, 3.8) is 0 Å². The minimum Gasteiger partial charge on any atom is -0.389 e. The van der Waals surface area contributed by atoms with Crippen molar-refractivity contribution >= 4 is 5.91 Å². The number of carbonyl (C=O) groups excluding carboxylic acids is 1. The normalized spacial score (nSPS) is 19.1. The number of likely N-dealkylation sites (tertiary alicyclic amines) is 1. The molecule has 1 fully saturated rings. The van der Waals surface area contributed by atoms with Gasteiger partial charge in [0.25, 0.3) is 0 Å². The first kappa shape index (κ1) is 15.4. The van der Waals surface area contributed by atoms with Crippen molar-refractivity contribution in [1.82, 2.24) is 10.2 Å². The zero-order chi connectivity index (χ0) is 14.0. The summed E-state index contributed by atoms with van der Waals surface area (Å²) in [6, 6.07) is 0.417. The summed E-state index contributed by atoms with van der Waals surface area (Å²) in [4.78, 5) is 14.1. The molecule has 1 aliphatic rings. The van der Waals surface area contributed by atoms with Crippen LogP contribution >= 0.6 is 0 Å². The smallest absolute Gasteiger partial charge is 0.227 e. The molecule has 0 aliphatic carbocycles. The van der Waals surface area contributed by atoms with Crippen molar-refractivity contribution in [2.24, 2.45) is 5.41 Å². The summed E-state index contributed by atoms with van der Waals surface area (Å²) in [5, 5.41) is 13.0. The number of amides is 1. The summed E-state index contributed by atoms with van der Waals surface area (Å²) in [6.45, 7) is 11.7. The van der Waals surface area contributed by atoms with E-state index < -0.39 is 5.60 Å². The van der Waals surface area contributed by atoms with E-state index in [2.05, 4.69) is 5.32 Å². The number of nitrogens with one attached hydrogen (secondary N) is 1. The van der Waals surface area contributed by atoms with Gasteiger partial charge in [-0.25, -0.2) is 0 Å². The van der Waals surface area contributed by atoms with Gasteiger partial charge in [0.2, 0.25) is 5.91 Å². The number of carbonyl (C=O) groups is 1. The highest BCUT2D eigenvalue weighted by atomic mass is 16.3. The molecule has 1 aliphatic heterocycles. The molecule has 2 N–H and O–H groups in total. The van der Waals surface area contributed by atoms with Crippen molar-refractivity contribution in [1.29, 1.82) is 0 Å². The van der Waals surface area contributed by atoms with Crippen molar-refractivity contribution < 1.29 is 9.90 Å². The summed E-state index contributed by atoms with van der Waals surface area (Å²) in [5.74, 6) is 0.239. The van der Waals surface area contributed by atoms with Crippen molar-refractivity contribution in [3.05, 3.63) is 0 Å². The molecule has 4 nitrogen and oxygen atoms in total. The second kappa shape index (κ2) is 5.57. The standard InChI is InChI=1S/C14H28N2O2/c1-13(2,3)12(17)16-8-6-11(7-9-16)15-10-14(4,5)18/h11,15,18H,6-10H2,1-5H3. The van der Waals surface area contributed by atoms with Crippen molar-refractivity contribution in [3.8, 4) is 0 Å². The second-order valence-electron chi connectivity index (χ2n) is 7.01. The highest BCUT2D eigenvalue weighted by molar-refractivity contribution is 5.81. The average molecular weight is 256 g/mol. The fourth-order valence-corrected chi connectivity index (χ4v) is 2.16. The highest BCUT2D eigenvalue weighted by Crippen LogP contribution is 2.21. The molecule has 0 aromatic rings. The Morgan fingerprint density at radius 3 is 2.11 bits per heavy atom. The number of rotatable bonds is 3. The molecule has 1 saturated heterocycles. The lowest BCUT2D eigenvalue weighted by Crippen LogP contribution is -2.50. The first-order chi connectivity index (χ1) is 8.09. The molecular formula is C14H28N2O2. The van der Waals surface area contributed by atoms with Crippen LogP contribution in [0.2, 0.25) is 0 Å². The lowest BCUT2D eigenvalue weighted by Gasteiger charge is -2.36. The van der Waals surface area contributed by atoms with Crippen LogP contribution in [0.1, 0.15) is 47.5 Å². The average Bonchev–Trinajstić information content (AvgIpc) is 2.24. The molecule has 1 amide bonds. The first-order valence-corrected chi connectivity index (χ1v) is 6.85. The van der Waals surface area contributed by atoms with Crippen LogP contribution in [0.15, 0.2) is 0 Å². The monoisotopic (exact) mass is 256 g/mol. The predicted molar refractivity (Wildman–Crippen MR) is 73.4 cm³/mol. The van der Waals surface area contributed by atoms with Gasteiger partial charge in [-0.05, 0) is 26.7 Å². The fourth-order valence-electron chi connectivity index (χ4n) is 2.16. The number of aliphatic hydroxyl groups is 1. The molecule has 4 heteroatoms. The van der Waals surface area contributed by atoms with Crippen LogP contribution in [0.3, 0.4) is 0 Å². The van der Waals surface area contributed by atoms with Gasteiger partial charge in [0.05, 0.1) is 5.60 Å². The van der Waals surface area contributed by atoms with Gasteiger partial charge in [-0.1, -0.05) is 20.8 Å². The maximum atomic E-state index is 12.1. The summed E-state index contributed by atoms with van der Waals surface area (Å²) in [6.07, 6.45) is 1.94. The summed E-state index contributed by atoms with van der Waals surface area (Å²) in [7, 11) is 0. The zero-order valence-corrected chi connectivity index (χ0v) is 12.4.